The van der Waals surface area contributed by atoms with Crippen molar-refractivity contribution in [3.05, 3.63) is 35.4 Å². The van der Waals surface area contributed by atoms with E-state index in [-0.39, 0.29) is 18.6 Å². The van der Waals surface area contributed by atoms with E-state index in [0.29, 0.717) is 12.2 Å². The Bertz CT molecular complexity index is 406. The second kappa shape index (κ2) is 4.11. The average Bonchev–Trinajstić information content (AvgIpc) is 2.29. The van der Waals surface area contributed by atoms with E-state index in [9.17, 15) is 4.79 Å². The summed E-state index contributed by atoms with van der Waals surface area (Å²) in [4.78, 5) is 11.1. The predicted octanol–water partition coefficient (Wildman–Crippen LogP) is 0.746. The van der Waals surface area contributed by atoms with E-state index < -0.39 is 0 Å². The van der Waals surface area contributed by atoms with Gasteiger partial charge in [0.25, 0.3) is 0 Å². The van der Waals surface area contributed by atoms with E-state index >= 15 is 0 Å². The third-order valence-electron chi connectivity index (χ3n) is 2.30. The largest absolute Gasteiger partial charge is 0.369 e. The lowest BCUT2D eigenvalue weighted by molar-refractivity contribution is -0.131. The van der Waals surface area contributed by atoms with E-state index in [4.69, 9.17) is 10.00 Å². The van der Waals surface area contributed by atoms with Crippen LogP contribution in [0.15, 0.2) is 24.3 Å². The molecule has 76 valence electrons. The number of hydrogen-bond acceptors (Lipinski definition) is 3. The molecule has 1 aliphatic rings. The minimum Gasteiger partial charge on any atom is -0.369 e. The van der Waals surface area contributed by atoms with Crippen LogP contribution in [0, 0.1) is 11.3 Å². The molecule has 4 heteroatoms. The fourth-order valence-corrected chi connectivity index (χ4v) is 1.52. The smallest absolute Gasteiger partial charge is 0.246 e. The van der Waals surface area contributed by atoms with E-state index in [1.165, 1.54) is 0 Å². The van der Waals surface area contributed by atoms with Gasteiger partial charge in [-0.15, -0.1) is 0 Å². The molecule has 0 spiro atoms. The molecule has 1 N–H and O–H groups in total. The maximum atomic E-state index is 11.1. The molecule has 0 radical (unpaired) electrons. The third kappa shape index (κ3) is 2.14. The highest BCUT2D eigenvalue weighted by atomic mass is 16.5. The fourth-order valence-electron chi connectivity index (χ4n) is 1.52. The van der Waals surface area contributed by atoms with Gasteiger partial charge in [0.05, 0.1) is 24.3 Å². The van der Waals surface area contributed by atoms with Crippen LogP contribution in [0.25, 0.3) is 0 Å². The van der Waals surface area contributed by atoms with Gasteiger partial charge in [0, 0.05) is 0 Å². The molecule has 0 aromatic heterocycles. The van der Waals surface area contributed by atoms with E-state index in [1.807, 2.05) is 18.2 Å². The van der Waals surface area contributed by atoms with Gasteiger partial charge in [-0.2, -0.15) is 5.26 Å². The summed E-state index contributed by atoms with van der Waals surface area (Å²) in [5, 5.41) is 11.5. The van der Waals surface area contributed by atoms with E-state index in [1.54, 1.807) is 12.1 Å². The van der Waals surface area contributed by atoms with Gasteiger partial charge in [-0.25, -0.2) is 0 Å². The summed E-state index contributed by atoms with van der Waals surface area (Å²) in [5.74, 6) is -0.101. The molecule has 2 rings (SSSR count). The SMILES string of the molecule is N#Cc1ccc(C2COCC(=O)N2)cc1. The number of carbonyl (C=O) groups is 1. The Hall–Kier alpha value is -1.86. The number of nitriles is 1. The lowest BCUT2D eigenvalue weighted by Crippen LogP contribution is -2.39. The van der Waals surface area contributed by atoms with Gasteiger partial charge in [0.1, 0.15) is 6.61 Å². The minimum atomic E-state index is -0.101. The first kappa shape index (κ1) is 9.69. The Morgan fingerprint density at radius 2 is 2.13 bits per heavy atom. The zero-order chi connectivity index (χ0) is 10.7. The normalized spacial score (nSPS) is 20.5. The topological polar surface area (TPSA) is 62.1 Å². The van der Waals surface area contributed by atoms with Crippen molar-refractivity contribution in [2.24, 2.45) is 0 Å². The Kier molecular flexibility index (Phi) is 2.66. The summed E-state index contributed by atoms with van der Waals surface area (Å²) in [6.07, 6.45) is 0. The number of amides is 1. The van der Waals surface area contributed by atoms with Gasteiger partial charge in [0.15, 0.2) is 0 Å². The van der Waals surface area contributed by atoms with Crippen LogP contribution in [0.4, 0.5) is 0 Å². The zero-order valence-electron chi connectivity index (χ0n) is 8.06. The Morgan fingerprint density at radius 1 is 1.40 bits per heavy atom. The number of carbonyl (C=O) groups excluding carboxylic acids is 1. The average molecular weight is 202 g/mol. The first-order valence-electron chi connectivity index (χ1n) is 4.67. The first-order chi connectivity index (χ1) is 7.29. The predicted molar refractivity (Wildman–Crippen MR) is 52.9 cm³/mol. The maximum absolute atomic E-state index is 11.1. The molecule has 4 nitrogen and oxygen atoms in total. The second-order valence-corrected chi connectivity index (χ2v) is 3.37. The van der Waals surface area contributed by atoms with Crippen LogP contribution in [0.5, 0.6) is 0 Å². The highest BCUT2D eigenvalue weighted by Gasteiger charge is 2.19. The molecular formula is C11H10N2O2. The summed E-state index contributed by atoms with van der Waals surface area (Å²) >= 11 is 0. The quantitative estimate of drug-likeness (QED) is 0.730. The summed E-state index contributed by atoms with van der Waals surface area (Å²) in [6, 6.07) is 9.08. The molecule has 1 heterocycles. The van der Waals surface area contributed by atoms with Gasteiger partial charge < -0.3 is 10.1 Å². The van der Waals surface area contributed by atoms with E-state index in [0.717, 1.165) is 5.56 Å². The van der Waals surface area contributed by atoms with Crippen molar-refractivity contribution in [3.8, 4) is 6.07 Å². The van der Waals surface area contributed by atoms with Crippen LogP contribution in [0.1, 0.15) is 17.2 Å². The monoisotopic (exact) mass is 202 g/mol. The number of morpholine rings is 1. The van der Waals surface area contributed by atoms with Crippen LogP contribution in [0.3, 0.4) is 0 Å². The number of ether oxygens (including phenoxy) is 1. The summed E-state index contributed by atoms with van der Waals surface area (Å²) < 4.78 is 5.13. The number of rotatable bonds is 1. The van der Waals surface area contributed by atoms with Gasteiger partial charge in [-0.1, -0.05) is 12.1 Å². The van der Waals surface area contributed by atoms with Crippen LogP contribution in [-0.2, 0) is 9.53 Å². The minimum absolute atomic E-state index is 0.0982. The maximum Gasteiger partial charge on any atom is 0.246 e. The van der Waals surface area contributed by atoms with Crippen LogP contribution < -0.4 is 5.32 Å². The molecule has 0 bridgehead atoms. The molecule has 1 aromatic carbocycles. The highest BCUT2D eigenvalue weighted by molar-refractivity contribution is 5.78. The number of nitrogens with zero attached hydrogens (tertiary/aromatic N) is 1. The molecule has 0 saturated carbocycles. The molecule has 0 aliphatic carbocycles. The number of benzene rings is 1. The van der Waals surface area contributed by atoms with E-state index in [2.05, 4.69) is 5.32 Å². The standard InChI is InChI=1S/C11H10N2O2/c12-5-8-1-3-9(4-2-8)10-6-15-7-11(14)13-10/h1-4,10H,6-7H2,(H,13,14). The number of nitrogens with one attached hydrogen (secondary N) is 1. The van der Waals surface area contributed by atoms with Crippen molar-refractivity contribution in [2.45, 2.75) is 6.04 Å². The molecule has 1 amide bonds. The molecular weight excluding hydrogens is 192 g/mol. The summed E-state index contributed by atoms with van der Waals surface area (Å²) in [6.45, 7) is 0.615. The lowest BCUT2D eigenvalue weighted by Gasteiger charge is -2.23. The third-order valence-corrected chi connectivity index (χ3v) is 2.30. The fraction of sp³-hybridized carbons (Fsp3) is 0.273. The van der Waals surface area contributed by atoms with Crippen molar-refractivity contribution < 1.29 is 9.53 Å². The molecule has 1 aliphatic heterocycles. The zero-order valence-corrected chi connectivity index (χ0v) is 8.06. The highest BCUT2D eigenvalue weighted by Crippen LogP contribution is 2.16. The molecule has 15 heavy (non-hydrogen) atoms. The molecule has 1 fully saturated rings. The van der Waals surface area contributed by atoms with Crippen molar-refractivity contribution in [1.82, 2.24) is 5.32 Å². The Morgan fingerprint density at radius 3 is 2.73 bits per heavy atom. The second-order valence-electron chi connectivity index (χ2n) is 3.37. The van der Waals surface area contributed by atoms with Crippen molar-refractivity contribution >= 4 is 5.91 Å². The molecule has 1 aromatic rings. The molecule has 1 saturated heterocycles. The number of hydrogen-bond donors (Lipinski definition) is 1. The molecule has 1 atom stereocenters. The first-order valence-corrected chi connectivity index (χ1v) is 4.67. The van der Waals surface area contributed by atoms with Crippen molar-refractivity contribution in [3.63, 3.8) is 0 Å². The van der Waals surface area contributed by atoms with Crippen molar-refractivity contribution in [1.29, 1.82) is 5.26 Å². The Balaban J connectivity index is 2.15. The Labute approximate surface area is 87.5 Å². The van der Waals surface area contributed by atoms with Crippen molar-refractivity contribution in [2.75, 3.05) is 13.2 Å². The van der Waals surface area contributed by atoms with Crippen LogP contribution in [-0.4, -0.2) is 19.1 Å². The van der Waals surface area contributed by atoms with Crippen LogP contribution >= 0.6 is 0 Å². The van der Waals surface area contributed by atoms with Gasteiger partial charge in [-0.3, -0.25) is 4.79 Å². The van der Waals surface area contributed by atoms with Gasteiger partial charge >= 0.3 is 0 Å². The summed E-state index contributed by atoms with van der Waals surface area (Å²) in [7, 11) is 0. The van der Waals surface area contributed by atoms with Gasteiger partial charge in [0.2, 0.25) is 5.91 Å². The lowest BCUT2D eigenvalue weighted by atomic mass is 10.1. The van der Waals surface area contributed by atoms with Crippen LogP contribution in [0.2, 0.25) is 0 Å². The van der Waals surface area contributed by atoms with Gasteiger partial charge in [-0.05, 0) is 17.7 Å². The summed E-state index contributed by atoms with van der Waals surface area (Å²) in [5.41, 5.74) is 1.57. The molecule has 1 unspecified atom stereocenters.